The van der Waals surface area contributed by atoms with Crippen LogP contribution in [0.15, 0.2) is 11.7 Å². The Balaban J connectivity index is 2.26. The number of nitrogens with one attached hydrogen (secondary N) is 1. The molecule has 0 aliphatic carbocycles. The highest BCUT2D eigenvalue weighted by atomic mass is 32.1. The summed E-state index contributed by atoms with van der Waals surface area (Å²) in [5, 5.41) is 12.5. The molecule has 0 fully saturated rings. The van der Waals surface area contributed by atoms with E-state index < -0.39 is 0 Å². The number of aromatic nitrogens is 3. The lowest BCUT2D eigenvalue weighted by Gasteiger charge is -2.12. The van der Waals surface area contributed by atoms with Gasteiger partial charge in [-0.1, -0.05) is 11.3 Å². The monoisotopic (exact) mass is 307 g/mol. The first-order valence-corrected chi connectivity index (χ1v) is 8.05. The molecule has 0 spiro atoms. The van der Waals surface area contributed by atoms with Crippen LogP contribution < -0.4 is 9.88 Å². The van der Waals surface area contributed by atoms with Crippen LogP contribution in [0.4, 0.5) is 5.82 Å². The van der Waals surface area contributed by atoms with E-state index in [0.717, 1.165) is 23.8 Å². The number of aryl methyl sites for hydroxylation is 1. The zero-order valence-electron chi connectivity index (χ0n) is 13.1. The van der Waals surface area contributed by atoms with Crippen molar-refractivity contribution in [3.05, 3.63) is 33.7 Å². The summed E-state index contributed by atoms with van der Waals surface area (Å²) in [6, 6.07) is 0.330. The van der Waals surface area contributed by atoms with Gasteiger partial charge in [0.25, 0.3) is 0 Å². The van der Waals surface area contributed by atoms with Gasteiger partial charge in [0.1, 0.15) is 11.6 Å². The van der Waals surface area contributed by atoms with Crippen LogP contribution >= 0.6 is 11.3 Å². The predicted molar refractivity (Wildman–Crippen MR) is 84.7 cm³/mol. The number of hydrogen-bond donors (Lipinski definition) is 2. The molecule has 0 unspecified atom stereocenters. The van der Waals surface area contributed by atoms with Gasteiger partial charge in [-0.25, -0.2) is 9.97 Å². The van der Waals surface area contributed by atoms with Crippen molar-refractivity contribution in [2.24, 2.45) is 0 Å². The van der Waals surface area contributed by atoms with Crippen LogP contribution in [0.2, 0.25) is 0 Å². The largest absolute Gasteiger partial charge is 0.396 e. The highest BCUT2D eigenvalue weighted by Crippen LogP contribution is 2.16. The van der Waals surface area contributed by atoms with E-state index in [1.807, 2.05) is 13.1 Å². The van der Waals surface area contributed by atoms with Gasteiger partial charge < -0.3 is 10.4 Å². The van der Waals surface area contributed by atoms with E-state index in [-0.39, 0.29) is 6.61 Å². The molecular weight excluding hydrogens is 284 g/mol. The summed E-state index contributed by atoms with van der Waals surface area (Å²) in [6.07, 6.45) is 2.61. The van der Waals surface area contributed by atoms with E-state index in [4.69, 9.17) is 5.11 Å². The van der Waals surface area contributed by atoms with Crippen LogP contribution in [0.25, 0.3) is 0 Å². The third kappa shape index (κ3) is 3.98. The fraction of sp³-hybridized carbons (Fsp3) is 0.533. The Morgan fingerprint density at radius 3 is 2.81 bits per heavy atom. The van der Waals surface area contributed by atoms with E-state index in [1.165, 1.54) is 10.6 Å². The minimum atomic E-state index is 0.190. The average Bonchev–Trinajstić information content (AvgIpc) is 2.74. The Hall–Kier alpha value is -1.53. The molecule has 0 amide bonds. The van der Waals surface area contributed by atoms with Gasteiger partial charge in [-0.05, 0) is 20.8 Å². The van der Waals surface area contributed by atoms with Gasteiger partial charge in [-0.2, -0.15) is 4.57 Å². The molecule has 5 nitrogen and oxygen atoms in total. The zero-order valence-corrected chi connectivity index (χ0v) is 13.9. The van der Waals surface area contributed by atoms with Crippen LogP contribution in [0.3, 0.4) is 0 Å². The number of rotatable bonds is 6. The number of aliphatic hydroxyl groups is 1. The first kappa shape index (κ1) is 15.9. The fourth-order valence-corrected chi connectivity index (χ4v) is 3.13. The first-order valence-electron chi connectivity index (χ1n) is 7.17. The third-order valence-corrected chi connectivity index (χ3v) is 4.39. The minimum absolute atomic E-state index is 0.190. The Bertz CT molecular complexity index is 610. The lowest BCUT2D eigenvalue weighted by atomic mass is 10.2. The molecule has 0 atom stereocenters. The van der Waals surface area contributed by atoms with Crippen molar-refractivity contribution < 1.29 is 9.67 Å². The molecule has 0 radical (unpaired) electrons. The summed E-state index contributed by atoms with van der Waals surface area (Å²) < 4.78 is 2.19. The van der Waals surface area contributed by atoms with E-state index in [9.17, 15) is 0 Å². The van der Waals surface area contributed by atoms with Crippen molar-refractivity contribution in [3.8, 4) is 0 Å². The van der Waals surface area contributed by atoms with Crippen molar-refractivity contribution in [1.82, 2.24) is 9.97 Å². The topological polar surface area (TPSA) is 61.9 Å². The van der Waals surface area contributed by atoms with Crippen LogP contribution in [-0.2, 0) is 13.0 Å². The molecule has 0 aliphatic heterocycles. The maximum absolute atomic E-state index is 9.08. The normalized spacial score (nSPS) is 11.1. The van der Waals surface area contributed by atoms with Gasteiger partial charge in [0.2, 0.25) is 5.51 Å². The summed E-state index contributed by atoms with van der Waals surface area (Å²) >= 11 is 1.68. The SMILES string of the molecule is Cc1ncc(C[n+]2csc(CCO)c2C)c(NC(C)C)n1. The molecule has 2 aromatic heterocycles. The van der Waals surface area contributed by atoms with Gasteiger partial charge in [0.15, 0.2) is 12.2 Å². The maximum Gasteiger partial charge on any atom is 0.225 e. The van der Waals surface area contributed by atoms with Crippen molar-refractivity contribution in [3.63, 3.8) is 0 Å². The third-order valence-electron chi connectivity index (χ3n) is 3.25. The van der Waals surface area contributed by atoms with Crippen molar-refractivity contribution in [2.45, 2.75) is 46.7 Å². The van der Waals surface area contributed by atoms with Gasteiger partial charge in [-0.15, -0.1) is 0 Å². The smallest absolute Gasteiger partial charge is 0.225 e. The predicted octanol–water partition coefficient (Wildman–Crippen LogP) is 1.85. The number of anilines is 1. The maximum atomic E-state index is 9.08. The molecule has 21 heavy (non-hydrogen) atoms. The molecule has 6 heteroatoms. The average molecular weight is 307 g/mol. The number of aliphatic hydroxyl groups excluding tert-OH is 1. The second-order valence-electron chi connectivity index (χ2n) is 5.42. The Morgan fingerprint density at radius 2 is 2.14 bits per heavy atom. The molecule has 2 aromatic rings. The van der Waals surface area contributed by atoms with Crippen LogP contribution in [0.1, 0.15) is 35.8 Å². The number of nitrogens with zero attached hydrogens (tertiary/aromatic N) is 3. The van der Waals surface area contributed by atoms with E-state index >= 15 is 0 Å². The Kier molecular flexibility index (Phi) is 5.25. The molecule has 0 bridgehead atoms. The van der Waals surface area contributed by atoms with Gasteiger partial charge in [-0.3, -0.25) is 0 Å². The van der Waals surface area contributed by atoms with Gasteiger partial charge in [0.05, 0.1) is 10.4 Å². The Labute approximate surface area is 129 Å². The van der Waals surface area contributed by atoms with E-state index in [2.05, 4.69) is 46.1 Å². The molecule has 0 saturated heterocycles. The first-order chi connectivity index (χ1) is 10.0. The minimum Gasteiger partial charge on any atom is -0.396 e. The standard InChI is InChI=1S/C15H23N4OS/c1-10(2)17-15-13(7-16-12(4)18-15)8-19-9-21-14(5-6-20)11(19)3/h7,9-10,20H,5-6,8H2,1-4H3,(H,16,17,18)/q+1. The number of hydrogen-bond acceptors (Lipinski definition) is 5. The second kappa shape index (κ2) is 6.95. The number of thiazole rings is 1. The zero-order chi connectivity index (χ0) is 15.4. The molecular formula is C15H23N4OS+. The van der Waals surface area contributed by atoms with Crippen molar-refractivity contribution >= 4 is 17.2 Å². The summed E-state index contributed by atoms with van der Waals surface area (Å²) in [7, 11) is 0. The summed E-state index contributed by atoms with van der Waals surface area (Å²) in [6.45, 7) is 9.12. The van der Waals surface area contributed by atoms with Crippen LogP contribution in [0.5, 0.6) is 0 Å². The molecule has 2 rings (SSSR count). The molecule has 0 aliphatic rings. The molecule has 114 valence electrons. The lowest BCUT2D eigenvalue weighted by Crippen LogP contribution is -2.36. The van der Waals surface area contributed by atoms with Crippen molar-refractivity contribution in [2.75, 3.05) is 11.9 Å². The highest BCUT2D eigenvalue weighted by Gasteiger charge is 2.18. The molecule has 2 N–H and O–H groups in total. The fourth-order valence-electron chi connectivity index (χ4n) is 2.14. The molecule has 0 saturated carbocycles. The van der Waals surface area contributed by atoms with E-state index in [1.54, 1.807) is 11.3 Å². The van der Waals surface area contributed by atoms with Crippen LogP contribution in [-0.4, -0.2) is 27.7 Å². The highest BCUT2D eigenvalue weighted by molar-refractivity contribution is 7.09. The van der Waals surface area contributed by atoms with Gasteiger partial charge >= 0.3 is 0 Å². The molecule has 0 aromatic carbocycles. The summed E-state index contributed by atoms with van der Waals surface area (Å²) in [5.41, 5.74) is 4.38. The second-order valence-corrected chi connectivity index (χ2v) is 6.36. The summed E-state index contributed by atoms with van der Waals surface area (Å²) in [5.74, 6) is 1.68. The van der Waals surface area contributed by atoms with Crippen molar-refractivity contribution in [1.29, 1.82) is 0 Å². The summed E-state index contributed by atoms with van der Waals surface area (Å²) in [4.78, 5) is 10.1. The van der Waals surface area contributed by atoms with E-state index in [0.29, 0.717) is 12.5 Å². The quantitative estimate of drug-likeness (QED) is 0.800. The Morgan fingerprint density at radius 1 is 1.38 bits per heavy atom. The van der Waals surface area contributed by atoms with Gasteiger partial charge in [0, 0.05) is 32.2 Å². The van der Waals surface area contributed by atoms with Crippen LogP contribution in [0, 0.1) is 13.8 Å². The lowest BCUT2D eigenvalue weighted by molar-refractivity contribution is -0.689. The molecule has 2 heterocycles.